The first kappa shape index (κ1) is 24.0. The predicted molar refractivity (Wildman–Crippen MR) is 101 cm³/mol. The summed E-state index contributed by atoms with van der Waals surface area (Å²) in [4.78, 5) is 47.6. The number of rotatable bonds is 11. The maximum absolute atomic E-state index is 12.6. The van der Waals surface area contributed by atoms with Crippen molar-refractivity contribution in [2.75, 3.05) is 13.2 Å². The van der Waals surface area contributed by atoms with Gasteiger partial charge in [-0.05, 0) is 12.5 Å². The number of amides is 3. The minimum Gasteiger partial charge on any atom is -0.480 e. The van der Waals surface area contributed by atoms with Crippen LogP contribution in [0.4, 0.5) is 0 Å². The van der Waals surface area contributed by atoms with Crippen LogP contribution in [0.15, 0.2) is 30.3 Å². The predicted octanol–water partition coefficient (Wildman–Crippen LogP) is -2.90. The highest BCUT2D eigenvalue weighted by atomic mass is 16.4. The largest absolute Gasteiger partial charge is 0.480 e. The summed E-state index contributed by atoms with van der Waals surface area (Å²) in [6, 6.07) is 3.81. The minimum absolute atomic E-state index is 0.0965. The number of aliphatic carboxylic acids is 1. The molecule has 1 aromatic rings. The summed E-state index contributed by atoms with van der Waals surface area (Å²) in [6.07, 6.45) is 0.0965. The Morgan fingerprint density at radius 1 is 0.897 bits per heavy atom. The van der Waals surface area contributed by atoms with Crippen molar-refractivity contribution >= 4 is 23.7 Å². The van der Waals surface area contributed by atoms with Gasteiger partial charge in [0.05, 0.1) is 13.2 Å². The van der Waals surface area contributed by atoms with E-state index in [1.807, 2.05) is 0 Å². The maximum Gasteiger partial charge on any atom is 0.328 e. The van der Waals surface area contributed by atoms with E-state index in [9.17, 15) is 19.2 Å². The molecule has 29 heavy (non-hydrogen) atoms. The highest BCUT2D eigenvalue weighted by Gasteiger charge is 2.28. The molecule has 4 unspecified atom stereocenters. The van der Waals surface area contributed by atoms with E-state index in [-0.39, 0.29) is 6.42 Å². The Bertz CT molecular complexity index is 713. The van der Waals surface area contributed by atoms with Crippen LogP contribution in [0.5, 0.6) is 0 Å². The van der Waals surface area contributed by atoms with E-state index in [4.69, 9.17) is 21.1 Å². The molecule has 0 spiro atoms. The average molecular weight is 410 g/mol. The Hall–Kier alpha value is -3.02. The highest BCUT2D eigenvalue weighted by Crippen LogP contribution is 2.04. The van der Waals surface area contributed by atoms with Gasteiger partial charge in [-0.25, -0.2) is 4.79 Å². The molecule has 4 atom stereocenters. The number of benzene rings is 1. The number of carbonyl (C=O) groups excluding carboxylic acids is 3. The molecule has 11 nitrogen and oxygen atoms in total. The van der Waals surface area contributed by atoms with Gasteiger partial charge in [0, 0.05) is 6.42 Å². The first-order valence-corrected chi connectivity index (χ1v) is 8.84. The molecule has 0 radical (unpaired) electrons. The van der Waals surface area contributed by atoms with Crippen molar-refractivity contribution in [1.29, 1.82) is 0 Å². The number of nitrogens with two attached hydrogens (primary N) is 1. The molecule has 0 aliphatic heterocycles. The lowest BCUT2D eigenvalue weighted by molar-refractivity contribution is -0.143. The molecule has 0 heterocycles. The second-order valence-corrected chi connectivity index (χ2v) is 6.35. The summed E-state index contributed by atoms with van der Waals surface area (Å²) >= 11 is 0. The van der Waals surface area contributed by atoms with Crippen LogP contribution in [0.2, 0.25) is 0 Å². The topological polar surface area (TPSA) is 191 Å². The summed E-state index contributed by atoms with van der Waals surface area (Å²) in [6.45, 7) is -0.0973. The molecule has 0 saturated carbocycles. The standard InChI is InChI=1S/C18H26N4O7/c1-10(15(25)22-14(9-24)18(28)29)20-17(27)13(21-16(26)12(19)8-23)7-11-5-3-2-4-6-11/h2-6,10,12-14,23-24H,7-9,19H2,1H3,(H,20,27)(H,21,26)(H,22,25)(H,28,29). The van der Waals surface area contributed by atoms with Crippen molar-refractivity contribution in [2.24, 2.45) is 5.73 Å². The third kappa shape index (κ3) is 7.86. The van der Waals surface area contributed by atoms with Gasteiger partial charge >= 0.3 is 5.97 Å². The Morgan fingerprint density at radius 2 is 1.48 bits per heavy atom. The minimum atomic E-state index is -1.51. The molecule has 0 aliphatic carbocycles. The summed E-state index contributed by atoms with van der Waals surface area (Å²) < 4.78 is 0. The van der Waals surface area contributed by atoms with Crippen LogP contribution in [0.1, 0.15) is 12.5 Å². The molecule has 11 heteroatoms. The van der Waals surface area contributed by atoms with Gasteiger partial charge in [-0.15, -0.1) is 0 Å². The molecule has 0 aliphatic rings. The second-order valence-electron chi connectivity index (χ2n) is 6.35. The zero-order chi connectivity index (χ0) is 22.0. The zero-order valence-electron chi connectivity index (χ0n) is 15.9. The third-order valence-electron chi connectivity index (χ3n) is 4.00. The first-order chi connectivity index (χ1) is 13.7. The average Bonchev–Trinajstić information content (AvgIpc) is 2.70. The van der Waals surface area contributed by atoms with Crippen molar-refractivity contribution in [2.45, 2.75) is 37.5 Å². The molecule has 0 saturated heterocycles. The van der Waals surface area contributed by atoms with Gasteiger partial charge in [-0.1, -0.05) is 30.3 Å². The quantitative estimate of drug-likeness (QED) is 0.202. The van der Waals surface area contributed by atoms with Crippen LogP contribution in [-0.2, 0) is 25.6 Å². The van der Waals surface area contributed by atoms with Crippen LogP contribution in [-0.4, -0.2) is 76.4 Å². The van der Waals surface area contributed by atoms with Gasteiger partial charge in [-0.3, -0.25) is 14.4 Å². The highest BCUT2D eigenvalue weighted by molar-refractivity contribution is 5.94. The van der Waals surface area contributed by atoms with Crippen molar-refractivity contribution in [3.8, 4) is 0 Å². The first-order valence-electron chi connectivity index (χ1n) is 8.84. The Morgan fingerprint density at radius 3 is 2.00 bits per heavy atom. The molecule has 160 valence electrons. The van der Waals surface area contributed by atoms with Crippen LogP contribution >= 0.6 is 0 Å². The van der Waals surface area contributed by atoms with Crippen LogP contribution in [0, 0.1) is 0 Å². The van der Waals surface area contributed by atoms with Crippen LogP contribution in [0.25, 0.3) is 0 Å². The molecule has 0 aromatic heterocycles. The number of aliphatic hydroxyl groups is 2. The van der Waals surface area contributed by atoms with Gasteiger partial charge in [-0.2, -0.15) is 0 Å². The molecule has 8 N–H and O–H groups in total. The monoisotopic (exact) mass is 410 g/mol. The summed E-state index contributed by atoms with van der Waals surface area (Å²) in [5, 5.41) is 33.8. The number of carboxylic acids is 1. The second kappa shape index (κ2) is 11.7. The molecular formula is C18H26N4O7. The molecule has 1 aromatic carbocycles. The maximum atomic E-state index is 12.6. The van der Waals surface area contributed by atoms with E-state index in [0.29, 0.717) is 0 Å². The van der Waals surface area contributed by atoms with E-state index in [0.717, 1.165) is 5.56 Å². The van der Waals surface area contributed by atoms with Gasteiger partial charge in [0.1, 0.15) is 24.2 Å². The fraction of sp³-hybridized carbons (Fsp3) is 0.444. The lowest BCUT2D eigenvalue weighted by atomic mass is 10.0. The van der Waals surface area contributed by atoms with Gasteiger partial charge in [0.2, 0.25) is 17.7 Å². The Balaban J connectivity index is 2.85. The van der Waals surface area contributed by atoms with Gasteiger partial charge < -0.3 is 37.0 Å². The fourth-order valence-corrected chi connectivity index (χ4v) is 2.28. The SMILES string of the molecule is CC(NC(=O)C(Cc1ccccc1)NC(=O)C(N)CO)C(=O)NC(CO)C(=O)O. The summed E-state index contributed by atoms with van der Waals surface area (Å²) in [7, 11) is 0. The summed E-state index contributed by atoms with van der Waals surface area (Å²) in [5.74, 6) is -3.69. The summed E-state index contributed by atoms with van der Waals surface area (Å²) in [5.41, 5.74) is 6.20. The van der Waals surface area contributed by atoms with Crippen LogP contribution in [0.3, 0.4) is 0 Å². The number of hydrogen-bond acceptors (Lipinski definition) is 7. The zero-order valence-corrected chi connectivity index (χ0v) is 15.9. The molecular weight excluding hydrogens is 384 g/mol. The number of nitrogens with one attached hydrogen (secondary N) is 3. The van der Waals surface area contributed by atoms with Gasteiger partial charge in [0.25, 0.3) is 0 Å². The van der Waals surface area contributed by atoms with Gasteiger partial charge in [0.15, 0.2) is 0 Å². The number of hydrogen-bond donors (Lipinski definition) is 7. The smallest absolute Gasteiger partial charge is 0.328 e. The lowest BCUT2D eigenvalue weighted by Gasteiger charge is -2.23. The Labute approximate surface area is 167 Å². The van der Waals surface area contributed by atoms with E-state index in [1.54, 1.807) is 30.3 Å². The molecule has 0 bridgehead atoms. The van der Waals surface area contributed by atoms with Crippen molar-refractivity contribution in [3.63, 3.8) is 0 Å². The third-order valence-corrected chi connectivity index (χ3v) is 4.00. The van der Waals surface area contributed by atoms with E-state index in [1.165, 1.54) is 6.92 Å². The van der Waals surface area contributed by atoms with E-state index >= 15 is 0 Å². The van der Waals surface area contributed by atoms with Crippen molar-refractivity contribution < 1.29 is 34.5 Å². The number of aliphatic hydroxyl groups excluding tert-OH is 2. The van der Waals surface area contributed by atoms with Crippen molar-refractivity contribution in [1.82, 2.24) is 16.0 Å². The Kier molecular flexibility index (Phi) is 9.72. The molecule has 0 fully saturated rings. The van der Waals surface area contributed by atoms with E-state index in [2.05, 4.69) is 16.0 Å². The number of carbonyl (C=O) groups is 4. The lowest BCUT2D eigenvalue weighted by Crippen LogP contribution is -2.57. The fourth-order valence-electron chi connectivity index (χ4n) is 2.28. The normalized spacial score (nSPS) is 14.8. The molecule has 1 rings (SSSR count). The van der Waals surface area contributed by atoms with Crippen LogP contribution < -0.4 is 21.7 Å². The van der Waals surface area contributed by atoms with Crippen molar-refractivity contribution in [3.05, 3.63) is 35.9 Å². The number of carboxylic acid groups (broad SMARTS) is 1. The molecule has 3 amide bonds. The van der Waals surface area contributed by atoms with E-state index < -0.39 is 61.1 Å².